The van der Waals surface area contributed by atoms with Gasteiger partial charge in [-0.3, -0.25) is 4.31 Å². The van der Waals surface area contributed by atoms with Crippen LogP contribution in [0, 0.1) is 5.82 Å². The fraction of sp³-hybridized carbons (Fsp3) is 0.174. The third-order valence-corrected chi connectivity index (χ3v) is 8.70. The molecule has 1 aliphatic rings. The molecule has 3 aromatic rings. The van der Waals surface area contributed by atoms with Crippen molar-refractivity contribution in [1.82, 2.24) is 0 Å². The molecule has 0 saturated heterocycles. The number of nitrogens with one attached hydrogen (secondary N) is 2. The standard InChI is InChI=1S/C23H23FN4O4S3/c1-15-2-3-16-14-17(24)4-13-22(16)28(15)35(31,32)21-11-7-19(8-12-21)27-23(33)26-18-5-9-20(10-6-18)34(25,29)30/h4-15H,2-3H2,1H3,(H2,25,29,30)(H2,26,27,33). The van der Waals surface area contributed by atoms with Crippen LogP contribution in [0.5, 0.6) is 0 Å². The average molecular weight is 535 g/mol. The highest BCUT2D eigenvalue weighted by molar-refractivity contribution is 7.92. The lowest BCUT2D eigenvalue weighted by molar-refractivity contribution is 0.560. The van der Waals surface area contributed by atoms with Crippen molar-refractivity contribution in [1.29, 1.82) is 0 Å². The molecule has 184 valence electrons. The van der Waals surface area contributed by atoms with Gasteiger partial charge in [-0.05, 0) is 104 Å². The Balaban J connectivity index is 1.48. The molecular formula is C23H23FN4O4S3. The molecule has 1 heterocycles. The second-order valence-electron chi connectivity index (χ2n) is 8.13. The van der Waals surface area contributed by atoms with Crippen LogP contribution in [-0.4, -0.2) is 28.0 Å². The van der Waals surface area contributed by atoms with Crippen molar-refractivity contribution < 1.29 is 21.2 Å². The molecule has 0 radical (unpaired) electrons. The van der Waals surface area contributed by atoms with Crippen molar-refractivity contribution in [3.05, 3.63) is 78.1 Å². The summed E-state index contributed by atoms with van der Waals surface area (Å²) in [4.78, 5) is 0.0824. The Hall–Kier alpha value is -3.06. The fourth-order valence-corrected chi connectivity index (χ4v) is 6.37. The minimum Gasteiger partial charge on any atom is -0.332 e. The van der Waals surface area contributed by atoms with E-state index in [1.54, 1.807) is 12.1 Å². The van der Waals surface area contributed by atoms with Gasteiger partial charge in [-0.2, -0.15) is 0 Å². The van der Waals surface area contributed by atoms with E-state index in [0.717, 1.165) is 0 Å². The second-order valence-corrected chi connectivity index (χ2v) is 11.9. The highest BCUT2D eigenvalue weighted by Gasteiger charge is 2.34. The summed E-state index contributed by atoms with van der Waals surface area (Å²) in [6.45, 7) is 1.83. The van der Waals surface area contributed by atoms with Crippen LogP contribution in [-0.2, 0) is 26.5 Å². The third-order valence-electron chi connectivity index (χ3n) is 5.62. The Morgan fingerprint density at radius 2 is 1.49 bits per heavy atom. The summed E-state index contributed by atoms with van der Waals surface area (Å²) >= 11 is 5.28. The van der Waals surface area contributed by atoms with E-state index in [9.17, 15) is 21.2 Å². The van der Waals surface area contributed by atoms with E-state index in [1.165, 1.54) is 58.9 Å². The molecule has 0 amide bonds. The number of nitrogens with two attached hydrogens (primary N) is 1. The summed E-state index contributed by atoms with van der Waals surface area (Å²) in [5.41, 5.74) is 2.25. The van der Waals surface area contributed by atoms with E-state index in [0.29, 0.717) is 35.5 Å². The van der Waals surface area contributed by atoms with Crippen LogP contribution in [0.1, 0.15) is 18.9 Å². The van der Waals surface area contributed by atoms with Crippen LogP contribution in [0.25, 0.3) is 0 Å². The van der Waals surface area contributed by atoms with E-state index in [2.05, 4.69) is 10.6 Å². The number of sulfonamides is 2. The Bertz CT molecular complexity index is 1480. The smallest absolute Gasteiger partial charge is 0.264 e. The van der Waals surface area contributed by atoms with Crippen molar-refractivity contribution in [3.63, 3.8) is 0 Å². The molecule has 1 unspecified atom stereocenters. The van der Waals surface area contributed by atoms with Gasteiger partial charge < -0.3 is 10.6 Å². The molecule has 0 bridgehead atoms. The Morgan fingerprint density at radius 3 is 2.03 bits per heavy atom. The van der Waals surface area contributed by atoms with Gasteiger partial charge in [-0.25, -0.2) is 26.4 Å². The first-order valence-electron chi connectivity index (χ1n) is 10.6. The van der Waals surface area contributed by atoms with Crippen LogP contribution < -0.4 is 20.1 Å². The fourth-order valence-electron chi connectivity index (χ4n) is 3.90. The van der Waals surface area contributed by atoms with Gasteiger partial charge in [0, 0.05) is 17.4 Å². The normalized spacial score (nSPS) is 15.9. The number of hydrogen-bond donors (Lipinski definition) is 3. The molecule has 1 atom stereocenters. The van der Waals surface area contributed by atoms with Crippen molar-refractivity contribution in [2.24, 2.45) is 5.14 Å². The van der Waals surface area contributed by atoms with Gasteiger partial charge in [0.25, 0.3) is 10.0 Å². The maximum absolute atomic E-state index is 13.7. The SMILES string of the molecule is CC1CCc2cc(F)ccc2N1S(=O)(=O)c1ccc(NC(=S)Nc2ccc(S(N)(=O)=O)cc2)cc1. The zero-order valence-electron chi connectivity index (χ0n) is 18.6. The van der Waals surface area contributed by atoms with E-state index >= 15 is 0 Å². The van der Waals surface area contributed by atoms with Gasteiger partial charge in [0.05, 0.1) is 15.5 Å². The highest BCUT2D eigenvalue weighted by Crippen LogP contribution is 2.36. The molecule has 4 rings (SSSR count). The minimum atomic E-state index is -3.87. The summed E-state index contributed by atoms with van der Waals surface area (Å²) in [5.74, 6) is -0.393. The molecule has 0 spiro atoms. The average Bonchev–Trinajstić information content (AvgIpc) is 2.79. The van der Waals surface area contributed by atoms with Crippen molar-refractivity contribution in [2.45, 2.75) is 35.6 Å². The quantitative estimate of drug-likeness (QED) is 0.426. The van der Waals surface area contributed by atoms with Crippen LogP contribution in [0.2, 0.25) is 0 Å². The topological polar surface area (TPSA) is 122 Å². The molecular weight excluding hydrogens is 511 g/mol. The molecule has 8 nitrogen and oxygen atoms in total. The van der Waals surface area contributed by atoms with Gasteiger partial charge in [0.2, 0.25) is 10.0 Å². The van der Waals surface area contributed by atoms with E-state index in [4.69, 9.17) is 17.4 Å². The maximum Gasteiger partial charge on any atom is 0.264 e. The minimum absolute atomic E-state index is 0.0190. The molecule has 0 aliphatic carbocycles. The largest absolute Gasteiger partial charge is 0.332 e. The summed E-state index contributed by atoms with van der Waals surface area (Å²) in [6.07, 6.45) is 1.20. The summed E-state index contributed by atoms with van der Waals surface area (Å²) in [6, 6.07) is 15.8. The summed E-state index contributed by atoms with van der Waals surface area (Å²) in [5, 5.41) is 11.2. The first-order valence-corrected chi connectivity index (χ1v) is 14.0. The summed E-state index contributed by atoms with van der Waals surface area (Å²) in [7, 11) is -7.66. The second kappa shape index (κ2) is 9.53. The predicted molar refractivity (Wildman–Crippen MR) is 138 cm³/mol. The zero-order chi connectivity index (χ0) is 25.4. The lowest BCUT2D eigenvalue weighted by atomic mass is 9.99. The number of halogens is 1. The number of thiocarbonyl (C=S) groups is 1. The molecule has 35 heavy (non-hydrogen) atoms. The lowest BCUT2D eigenvalue weighted by Crippen LogP contribution is -2.42. The number of hydrogen-bond acceptors (Lipinski definition) is 5. The van der Waals surface area contributed by atoms with Crippen LogP contribution >= 0.6 is 12.2 Å². The molecule has 4 N–H and O–H groups in total. The molecule has 1 aliphatic heterocycles. The van der Waals surface area contributed by atoms with Crippen LogP contribution in [0.3, 0.4) is 0 Å². The van der Waals surface area contributed by atoms with Gasteiger partial charge >= 0.3 is 0 Å². The Labute approximate surface area is 209 Å². The lowest BCUT2D eigenvalue weighted by Gasteiger charge is -2.36. The monoisotopic (exact) mass is 534 g/mol. The summed E-state index contributed by atoms with van der Waals surface area (Å²) < 4.78 is 64.6. The van der Waals surface area contributed by atoms with Gasteiger partial charge in [-0.1, -0.05) is 0 Å². The van der Waals surface area contributed by atoms with E-state index < -0.39 is 25.9 Å². The Morgan fingerprint density at radius 1 is 0.943 bits per heavy atom. The van der Waals surface area contributed by atoms with Gasteiger partial charge in [-0.15, -0.1) is 0 Å². The molecule has 12 heteroatoms. The van der Waals surface area contributed by atoms with Crippen molar-refractivity contribution in [2.75, 3.05) is 14.9 Å². The number of rotatable bonds is 5. The zero-order valence-corrected chi connectivity index (χ0v) is 21.1. The van der Waals surface area contributed by atoms with Crippen LogP contribution in [0.15, 0.2) is 76.5 Å². The number of fused-ring (bicyclic) bond motifs is 1. The number of nitrogens with zero attached hydrogens (tertiary/aromatic N) is 1. The predicted octanol–water partition coefficient (Wildman–Crippen LogP) is 3.81. The molecule has 3 aromatic carbocycles. The van der Waals surface area contributed by atoms with E-state index in [1.807, 2.05) is 6.92 Å². The van der Waals surface area contributed by atoms with Crippen LogP contribution in [0.4, 0.5) is 21.5 Å². The number of aryl methyl sites for hydroxylation is 1. The first-order chi connectivity index (χ1) is 16.4. The molecule has 0 aromatic heterocycles. The van der Waals surface area contributed by atoms with Crippen molar-refractivity contribution in [3.8, 4) is 0 Å². The molecule has 0 fully saturated rings. The maximum atomic E-state index is 13.7. The third kappa shape index (κ3) is 5.45. The first kappa shape index (κ1) is 25.0. The number of primary sulfonamides is 1. The molecule has 0 saturated carbocycles. The van der Waals surface area contributed by atoms with Gasteiger partial charge in [0.15, 0.2) is 5.11 Å². The van der Waals surface area contributed by atoms with Gasteiger partial charge in [0.1, 0.15) is 5.82 Å². The number of benzene rings is 3. The Kier molecular flexibility index (Phi) is 6.82. The highest BCUT2D eigenvalue weighted by atomic mass is 32.2. The van der Waals surface area contributed by atoms with Crippen molar-refractivity contribution >= 4 is 54.4 Å². The number of anilines is 3. The van der Waals surface area contributed by atoms with E-state index in [-0.39, 0.29) is 20.9 Å².